The summed E-state index contributed by atoms with van der Waals surface area (Å²) in [7, 11) is 1.52. The fourth-order valence-corrected chi connectivity index (χ4v) is 5.14. The normalized spacial score (nSPS) is 13.5. The molecule has 1 aliphatic rings. The predicted octanol–water partition coefficient (Wildman–Crippen LogP) is 8.00. The highest BCUT2D eigenvalue weighted by Gasteiger charge is 2.27. The SMILES string of the molecule is COc1cc(OC(=O)c2ccncc2F)ccc1-c1ccc2c(c1COc1cc(F)ccc1C)C(C)=CC(C)(C)N2.[HH]. The number of aryl methyl sites for hydroxylation is 1. The van der Waals surface area contributed by atoms with Gasteiger partial charge in [-0.1, -0.05) is 18.2 Å². The van der Waals surface area contributed by atoms with Gasteiger partial charge in [-0.15, -0.1) is 0 Å². The van der Waals surface area contributed by atoms with Gasteiger partial charge in [-0.3, -0.25) is 4.98 Å². The monoisotopic (exact) mass is 558 g/mol. The van der Waals surface area contributed by atoms with Crippen LogP contribution in [-0.4, -0.2) is 23.6 Å². The molecule has 0 saturated heterocycles. The molecule has 0 radical (unpaired) electrons. The number of allylic oxidation sites excluding steroid dienone is 1. The smallest absolute Gasteiger partial charge is 0.346 e. The van der Waals surface area contributed by atoms with Crippen molar-refractivity contribution in [2.24, 2.45) is 0 Å². The van der Waals surface area contributed by atoms with Gasteiger partial charge in [-0.2, -0.15) is 0 Å². The Bertz CT molecular complexity index is 1690. The summed E-state index contributed by atoms with van der Waals surface area (Å²) >= 11 is 0. The van der Waals surface area contributed by atoms with E-state index in [0.717, 1.165) is 45.3 Å². The van der Waals surface area contributed by atoms with Crippen molar-refractivity contribution in [1.29, 1.82) is 0 Å². The van der Waals surface area contributed by atoms with Crippen molar-refractivity contribution in [1.82, 2.24) is 4.98 Å². The number of carbonyl (C=O) groups excluding carboxylic acids is 1. The van der Waals surface area contributed by atoms with Crippen molar-refractivity contribution in [2.75, 3.05) is 12.4 Å². The Morgan fingerprint density at radius 1 is 1.00 bits per heavy atom. The molecule has 1 N–H and O–H groups in total. The molecular weight excluding hydrogens is 526 g/mol. The summed E-state index contributed by atoms with van der Waals surface area (Å²) in [5.41, 5.74) is 5.82. The van der Waals surface area contributed by atoms with Gasteiger partial charge in [0, 0.05) is 42.1 Å². The number of rotatable bonds is 7. The van der Waals surface area contributed by atoms with Gasteiger partial charge < -0.3 is 19.5 Å². The molecule has 0 unspecified atom stereocenters. The molecule has 0 saturated carbocycles. The van der Waals surface area contributed by atoms with Crippen LogP contribution in [0.25, 0.3) is 16.7 Å². The number of benzene rings is 3. The minimum Gasteiger partial charge on any atom is -0.496 e. The second-order valence-electron chi connectivity index (χ2n) is 10.5. The number of esters is 1. The third-order valence-corrected chi connectivity index (χ3v) is 6.93. The number of hydrogen-bond donors (Lipinski definition) is 1. The Hall–Kier alpha value is -4.72. The second-order valence-corrected chi connectivity index (χ2v) is 10.5. The Morgan fingerprint density at radius 2 is 1.78 bits per heavy atom. The Balaban J connectivity index is 0.00000405. The number of hydrogen-bond acceptors (Lipinski definition) is 6. The fourth-order valence-electron chi connectivity index (χ4n) is 5.14. The Kier molecular flexibility index (Phi) is 7.49. The first-order chi connectivity index (χ1) is 19.6. The molecule has 0 fully saturated rings. The molecule has 0 atom stereocenters. The van der Waals surface area contributed by atoms with Crippen molar-refractivity contribution in [3.8, 4) is 28.4 Å². The van der Waals surface area contributed by atoms with Crippen LogP contribution in [0.4, 0.5) is 14.5 Å². The van der Waals surface area contributed by atoms with Crippen molar-refractivity contribution < 1.29 is 29.2 Å². The van der Waals surface area contributed by atoms with Gasteiger partial charge in [0.25, 0.3) is 0 Å². The van der Waals surface area contributed by atoms with Crippen LogP contribution < -0.4 is 19.5 Å². The number of aromatic nitrogens is 1. The average Bonchev–Trinajstić information content (AvgIpc) is 2.92. The summed E-state index contributed by atoms with van der Waals surface area (Å²) < 4.78 is 45.4. The number of pyridine rings is 1. The Morgan fingerprint density at radius 3 is 2.54 bits per heavy atom. The van der Waals surface area contributed by atoms with Crippen LogP contribution in [0.15, 0.2) is 73.1 Å². The van der Waals surface area contributed by atoms with Gasteiger partial charge in [-0.25, -0.2) is 13.6 Å². The van der Waals surface area contributed by atoms with Gasteiger partial charge in [0.05, 0.1) is 24.4 Å². The maximum absolute atomic E-state index is 14.0. The number of methoxy groups -OCH3 is 1. The van der Waals surface area contributed by atoms with Crippen LogP contribution >= 0.6 is 0 Å². The average molecular weight is 559 g/mol. The minimum absolute atomic E-state index is 0. The molecule has 212 valence electrons. The van der Waals surface area contributed by atoms with Crippen molar-refractivity contribution in [2.45, 2.75) is 39.8 Å². The molecule has 41 heavy (non-hydrogen) atoms. The van der Waals surface area contributed by atoms with E-state index in [4.69, 9.17) is 14.2 Å². The summed E-state index contributed by atoms with van der Waals surface area (Å²) in [6, 6.07) is 14.7. The molecule has 5 rings (SSSR count). The zero-order chi connectivity index (χ0) is 29.3. The van der Waals surface area contributed by atoms with Crippen molar-refractivity contribution in [3.63, 3.8) is 0 Å². The summed E-state index contributed by atoms with van der Waals surface area (Å²) in [4.78, 5) is 16.2. The van der Waals surface area contributed by atoms with Crippen LogP contribution in [0.5, 0.6) is 17.2 Å². The highest BCUT2D eigenvalue weighted by Crippen LogP contribution is 2.43. The van der Waals surface area contributed by atoms with E-state index in [2.05, 4.69) is 37.1 Å². The lowest BCUT2D eigenvalue weighted by Crippen LogP contribution is -2.32. The summed E-state index contributed by atoms with van der Waals surface area (Å²) in [6.45, 7) is 8.28. The van der Waals surface area contributed by atoms with E-state index >= 15 is 0 Å². The van der Waals surface area contributed by atoms with Gasteiger partial charge in [-0.05, 0) is 74.7 Å². The predicted molar refractivity (Wildman–Crippen MR) is 157 cm³/mol. The van der Waals surface area contributed by atoms with E-state index in [1.165, 1.54) is 31.5 Å². The van der Waals surface area contributed by atoms with Crippen LogP contribution in [0.2, 0.25) is 0 Å². The molecular formula is C33H32F2N2O4. The molecule has 8 heteroatoms. The fraction of sp³-hybridized carbons (Fsp3) is 0.212. The van der Waals surface area contributed by atoms with Crippen LogP contribution in [0.3, 0.4) is 0 Å². The van der Waals surface area contributed by atoms with E-state index in [1.54, 1.807) is 24.3 Å². The maximum Gasteiger partial charge on any atom is 0.346 e. The number of carbonyl (C=O) groups is 1. The number of nitrogens with one attached hydrogen (secondary N) is 1. The third-order valence-electron chi connectivity index (χ3n) is 6.93. The molecule has 6 nitrogen and oxygen atoms in total. The highest BCUT2D eigenvalue weighted by atomic mass is 19.1. The first-order valence-corrected chi connectivity index (χ1v) is 13.1. The van der Waals surface area contributed by atoms with Crippen molar-refractivity contribution >= 4 is 17.2 Å². The van der Waals surface area contributed by atoms with Gasteiger partial charge in [0.2, 0.25) is 0 Å². The number of fused-ring (bicyclic) bond motifs is 1. The van der Waals surface area contributed by atoms with E-state index in [1.807, 2.05) is 19.1 Å². The van der Waals surface area contributed by atoms with E-state index in [0.29, 0.717) is 11.5 Å². The van der Waals surface area contributed by atoms with Crippen LogP contribution in [0.1, 0.15) is 49.2 Å². The Labute approximate surface area is 239 Å². The molecule has 2 heterocycles. The largest absolute Gasteiger partial charge is 0.496 e. The molecule has 1 aliphatic heterocycles. The summed E-state index contributed by atoms with van der Waals surface area (Å²) in [6.07, 6.45) is 4.44. The summed E-state index contributed by atoms with van der Waals surface area (Å²) in [5, 5.41) is 3.57. The number of anilines is 1. The van der Waals surface area contributed by atoms with Gasteiger partial charge >= 0.3 is 5.97 Å². The molecule has 0 aliphatic carbocycles. The third kappa shape index (κ3) is 5.77. The number of nitrogens with zero attached hydrogens (tertiary/aromatic N) is 1. The maximum atomic E-state index is 14.0. The summed E-state index contributed by atoms with van der Waals surface area (Å²) in [5.74, 6) is -0.899. The quantitative estimate of drug-likeness (QED) is 0.183. The lowest BCUT2D eigenvalue weighted by Gasteiger charge is -2.33. The van der Waals surface area contributed by atoms with Gasteiger partial charge in [0.1, 0.15) is 29.7 Å². The molecule has 3 aromatic carbocycles. The lowest BCUT2D eigenvalue weighted by atomic mass is 9.85. The zero-order valence-electron chi connectivity index (χ0n) is 23.5. The molecule has 1 aromatic heterocycles. The topological polar surface area (TPSA) is 69.7 Å². The first-order valence-electron chi connectivity index (χ1n) is 13.1. The first kappa shape index (κ1) is 27.8. The van der Waals surface area contributed by atoms with E-state index < -0.39 is 11.8 Å². The highest BCUT2D eigenvalue weighted by molar-refractivity contribution is 5.92. The zero-order valence-corrected chi connectivity index (χ0v) is 23.5. The standard InChI is InChI=1S/C33H30F2N2O4.H2/c1-19-6-7-21(34)14-29(19)40-18-26-23(10-11-28-31(26)20(2)16-33(3,4)37-28)24-9-8-22(15-30(24)39-5)41-32(38)25-12-13-36-17-27(25)35;/h6-17,37H,18H2,1-5H3;1H. The van der Waals surface area contributed by atoms with Crippen LogP contribution in [0, 0.1) is 18.6 Å². The second kappa shape index (κ2) is 11.0. The van der Waals surface area contributed by atoms with Crippen molar-refractivity contribution in [3.05, 3.63) is 107 Å². The van der Waals surface area contributed by atoms with Gasteiger partial charge in [0.15, 0.2) is 5.82 Å². The van der Waals surface area contributed by atoms with Crippen LogP contribution in [-0.2, 0) is 6.61 Å². The number of halogens is 2. The molecule has 0 bridgehead atoms. The molecule has 0 spiro atoms. The lowest BCUT2D eigenvalue weighted by molar-refractivity contribution is 0.0729. The molecule has 4 aromatic rings. The number of ether oxygens (including phenoxy) is 3. The van der Waals surface area contributed by atoms with E-state index in [-0.39, 0.29) is 30.7 Å². The molecule has 0 amide bonds. The van der Waals surface area contributed by atoms with E-state index in [9.17, 15) is 13.6 Å². The minimum atomic E-state index is -0.845.